The molecule has 0 radical (unpaired) electrons. The first-order valence-electron chi connectivity index (χ1n) is 3.28. The van der Waals surface area contributed by atoms with Gasteiger partial charge in [0.05, 0.1) is 5.08 Å². The van der Waals surface area contributed by atoms with Gasteiger partial charge in [-0.25, -0.2) is 0 Å². The second kappa shape index (κ2) is 4.77. The Morgan fingerprint density at radius 1 is 1.73 bits per heavy atom. The van der Waals surface area contributed by atoms with Gasteiger partial charge in [0.2, 0.25) is 0 Å². The highest BCUT2D eigenvalue weighted by atomic mass is 32.2. The van der Waals surface area contributed by atoms with E-state index in [1.165, 1.54) is 18.7 Å². The highest BCUT2D eigenvalue weighted by Crippen LogP contribution is 2.32. The van der Waals surface area contributed by atoms with E-state index in [2.05, 4.69) is 18.5 Å². The van der Waals surface area contributed by atoms with E-state index in [9.17, 15) is 9.90 Å². The van der Waals surface area contributed by atoms with E-state index in [1.807, 2.05) is 6.92 Å². The normalized spacial score (nSPS) is 14.6. The van der Waals surface area contributed by atoms with Gasteiger partial charge in [0.15, 0.2) is 5.12 Å². The molecule has 0 aromatic rings. The van der Waals surface area contributed by atoms with E-state index < -0.39 is 5.08 Å². The molecule has 0 aliphatic heterocycles. The lowest BCUT2D eigenvalue weighted by atomic mass is 10.3. The Hall–Kier alpha value is 0.840. The van der Waals surface area contributed by atoms with Crippen LogP contribution in [-0.4, -0.2) is 20.6 Å². The molecule has 0 rings (SSSR count). The van der Waals surface area contributed by atoms with Crippen molar-refractivity contribution in [1.29, 1.82) is 0 Å². The molecule has 0 aromatic carbocycles. The summed E-state index contributed by atoms with van der Waals surface area (Å²) in [6.45, 7) is 3.46. The first-order valence-corrected chi connectivity index (χ1v) is 5.32. The highest BCUT2D eigenvalue weighted by Gasteiger charge is 2.18. The number of hydrogen-bond acceptors (Lipinski definition) is 3. The standard InChI is InChI=1S/C6H14O2P2S/c1-4(11-5(2)7)3-6(8,9)10/h4,8H,3,9-10H2,1-2H3. The minimum atomic E-state index is -0.831. The van der Waals surface area contributed by atoms with Crippen LogP contribution in [0.5, 0.6) is 0 Å². The van der Waals surface area contributed by atoms with Gasteiger partial charge in [0.1, 0.15) is 0 Å². The third-order valence-corrected chi connectivity index (χ3v) is 2.35. The molecule has 66 valence electrons. The van der Waals surface area contributed by atoms with E-state index in [1.54, 1.807) is 0 Å². The fourth-order valence-electron chi connectivity index (χ4n) is 0.785. The molecule has 11 heavy (non-hydrogen) atoms. The third-order valence-electron chi connectivity index (χ3n) is 0.982. The monoisotopic (exact) mass is 212 g/mol. The number of carbonyl (C=O) groups excluding carboxylic acids is 1. The van der Waals surface area contributed by atoms with Gasteiger partial charge in [-0.05, 0) is 6.42 Å². The SMILES string of the molecule is CC(=O)SC(C)CC(O)(P)P. The predicted octanol–water partition coefficient (Wildman–Crippen LogP) is 1.44. The number of aliphatic hydroxyl groups is 1. The van der Waals surface area contributed by atoms with Crippen LogP contribution in [0, 0.1) is 0 Å². The quantitative estimate of drug-likeness (QED) is 0.719. The van der Waals surface area contributed by atoms with Crippen LogP contribution in [-0.2, 0) is 4.79 Å². The number of carbonyl (C=O) groups is 1. The summed E-state index contributed by atoms with van der Waals surface area (Å²) in [6.07, 6.45) is 0.576. The molecule has 3 atom stereocenters. The van der Waals surface area contributed by atoms with Crippen molar-refractivity contribution in [2.75, 3.05) is 0 Å². The van der Waals surface area contributed by atoms with Crippen molar-refractivity contribution in [3.05, 3.63) is 0 Å². The second-order valence-electron chi connectivity index (χ2n) is 2.62. The van der Waals surface area contributed by atoms with E-state index in [0.717, 1.165) is 0 Å². The smallest absolute Gasteiger partial charge is 0.186 e. The van der Waals surface area contributed by atoms with Crippen LogP contribution in [0.25, 0.3) is 0 Å². The summed E-state index contributed by atoms with van der Waals surface area (Å²) in [5.74, 6) is 0. The van der Waals surface area contributed by atoms with Crippen molar-refractivity contribution in [2.24, 2.45) is 0 Å². The maximum absolute atomic E-state index is 10.6. The van der Waals surface area contributed by atoms with Crippen LogP contribution in [0.2, 0.25) is 0 Å². The van der Waals surface area contributed by atoms with Crippen molar-refractivity contribution >= 4 is 35.4 Å². The molecule has 0 saturated heterocycles. The average Bonchev–Trinajstić information content (AvgIpc) is 1.53. The first kappa shape index (κ1) is 11.8. The van der Waals surface area contributed by atoms with Gasteiger partial charge >= 0.3 is 0 Å². The first-order chi connectivity index (χ1) is 4.81. The van der Waals surface area contributed by atoms with Crippen LogP contribution >= 0.6 is 30.2 Å². The van der Waals surface area contributed by atoms with Gasteiger partial charge in [-0.2, -0.15) is 0 Å². The Labute approximate surface area is 76.3 Å². The van der Waals surface area contributed by atoms with Gasteiger partial charge in [-0.15, -0.1) is 0 Å². The Bertz CT molecular complexity index is 144. The second-order valence-corrected chi connectivity index (χ2v) is 6.90. The number of rotatable bonds is 3. The molecular weight excluding hydrogens is 198 g/mol. The van der Waals surface area contributed by atoms with Gasteiger partial charge in [-0.1, -0.05) is 37.2 Å². The minimum absolute atomic E-state index is 0.0942. The van der Waals surface area contributed by atoms with Crippen molar-refractivity contribution in [3.8, 4) is 0 Å². The van der Waals surface area contributed by atoms with Crippen LogP contribution in [0.15, 0.2) is 0 Å². The zero-order valence-electron chi connectivity index (χ0n) is 6.70. The van der Waals surface area contributed by atoms with Gasteiger partial charge in [0, 0.05) is 12.2 Å². The van der Waals surface area contributed by atoms with Gasteiger partial charge in [0.25, 0.3) is 0 Å². The fourth-order valence-corrected chi connectivity index (χ4v) is 2.75. The Morgan fingerprint density at radius 2 is 2.18 bits per heavy atom. The van der Waals surface area contributed by atoms with E-state index >= 15 is 0 Å². The summed E-state index contributed by atoms with van der Waals surface area (Å²) in [7, 11) is 4.63. The maximum atomic E-state index is 10.6. The summed E-state index contributed by atoms with van der Waals surface area (Å²) >= 11 is 1.26. The summed E-state index contributed by atoms with van der Waals surface area (Å²) in [4.78, 5) is 10.6. The highest BCUT2D eigenvalue weighted by molar-refractivity contribution is 8.14. The zero-order chi connectivity index (χ0) is 9.07. The summed E-state index contributed by atoms with van der Waals surface area (Å²) in [5.41, 5.74) is 0. The Balaban J connectivity index is 3.69. The predicted molar refractivity (Wildman–Crippen MR) is 56.7 cm³/mol. The fraction of sp³-hybridized carbons (Fsp3) is 0.833. The van der Waals surface area contributed by atoms with Crippen molar-refractivity contribution < 1.29 is 9.90 Å². The lowest BCUT2D eigenvalue weighted by Crippen LogP contribution is -2.16. The largest absolute Gasteiger partial charge is 0.382 e. The van der Waals surface area contributed by atoms with Crippen molar-refractivity contribution in [3.63, 3.8) is 0 Å². The molecule has 0 bridgehead atoms. The average molecular weight is 212 g/mol. The van der Waals surface area contributed by atoms with Gasteiger partial charge < -0.3 is 5.11 Å². The molecule has 0 aromatic heterocycles. The molecule has 0 spiro atoms. The molecule has 0 aliphatic rings. The van der Waals surface area contributed by atoms with Crippen molar-refractivity contribution in [1.82, 2.24) is 0 Å². The summed E-state index contributed by atoms with van der Waals surface area (Å²) < 4.78 is 0. The molecule has 0 saturated carbocycles. The molecule has 1 N–H and O–H groups in total. The maximum Gasteiger partial charge on any atom is 0.186 e. The lowest BCUT2D eigenvalue weighted by molar-refractivity contribution is -0.109. The topological polar surface area (TPSA) is 37.3 Å². The molecular formula is C6H14O2P2S. The minimum Gasteiger partial charge on any atom is -0.382 e. The third kappa shape index (κ3) is 8.75. The van der Waals surface area contributed by atoms with E-state index in [-0.39, 0.29) is 10.4 Å². The van der Waals surface area contributed by atoms with E-state index in [0.29, 0.717) is 6.42 Å². The van der Waals surface area contributed by atoms with Crippen molar-refractivity contribution in [2.45, 2.75) is 30.6 Å². The summed E-state index contributed by atoms with van der Waals surface area (Å²) in [6, 6.07) is 0. The number of thioether (sulfide) groups is 1. The molecule has 0 amide bonds. The summed E-state index contributed by atoms with van der Waals surface area (Å²) in [5, 5.41) is 8.72. The lowest BCUT2D eigenvalue weighted by Gasteiger charge is -2.20. The molecule has 0 aliphatic carbocycles. The zero-order valence-corrected chi connectivity index (χ0v) is 9.83. The van der Waals surface area contributed by atoms with Crippen LogP contribution < -0.4 is 0 Å². The number of hydrogen-bond donors (Lipinski definition) is 1. The molecule has 2 nitrogen and oxygen atoms in total. The van der Waals surface area contributed by atoms with Crippen LogP contribution in [0.3, 0.4) is 0 Å². The molecule has 0 fully saturated rings. The van der Waals surface area contributed by atoms with Gasteiger partial charge in [-0.3, -0.25) is 4.79 Å². The van der Waals surface area contributed by atoms with Crippen LogP contribution in [0.1, 0.15) is 20.3 Å². The van der Waals surface area contributed by atoms with E-state index in [4.69, 9.17) is 0 Å². The van der Waals surface area contributed by atoms with Crippen LogP contribution in [0.4, 0.5) is 0 Å². The molecule has 0 heterocycles. The molecule has 3 unspecified atom stereocenters. The molecule has 5 heteroatoms. The Kier molecular flexibility index (Phi) is 5.13. The Morgan fingerprint density at radius 3 is 2.45 bits per heavy atom.